The summed E-state index contributed by atoms with van der Waals surface area (Å²) in [5.74, 6) is 1.71. The number of rotatable bonds is 6. The lowest BCUT2D eigenvalue weighted by Gasteiger charge is -2.14. The van der Waals surface area contributed by atoms with Gasteiger partial charge in [-0.15, -0.1) is 0 Å². The Morgan fingerprint density at radius 2 is 2.08 bits per heavy atom. The first-order valence-electron chi connectivity index (χ1n) is 9.07. The van der Waals surface area contributed by atoms with Crippen molar-refractivity contribution in [2.45, 2.75) is 38.6 Å². The molecule has 1 aromatic heterocycles. The van der Waals surface area contributed by atoms with Crippen LogP contribution < -0.4 is 10.6 Å². The van der Waals surface area contributed by atoms with E-state index in [9.17, 15) is 0 Å². The lowest BCUT2D eigenvalue weighted by molar-refractivity contribution is 0.664. The standard InChI is InChI=1S/C20H27N5/c1-21-20(22-13-12-16-8-4-2-5-9-16)24-15-19-23-14-18(25-19)17-10-6-3-7-11-17/h3,6-8,10-11,14H,2,4-5,9,12-13,15H2,1H3,(H,23,25)(H2,21,22,24). The van der Waals surface area contributed by atoms with Crippen LogP contribution in [0.5, 0.6) is 0 Å². The number of hydrogen-bond acceptors (Lipinski definition) is 2. The van der Waals surface area contributed by atoms with Gasteiger partial charge in [-0.05, 0) is 37.7 Å². The van der Waals surface area contributed by atoms with Crippen molar-refractivity contribution in [1.29, 1.82) is 0 Å². The minimum absolute atomic E-state index is 0.620. The molecule has 0 saturated carbocycles. The highest BCUT2D eigenvalue weighted by Gasteiger charge is 2.06. The summed E-state index contributed by atoms with van der Waals surface area (Å²) in [6.07, 6.45) is 10.5. The summed E-state index contributed by atoms with van der Waals surface area (Å²) in [6, 6.07) is 10.2. The Labute approximate surface area is 149 Å². The molecule has 0 radical (unpaired) electrons. The molecule has 1 aliphatic carbocycles. The molecule has 132 valence electrons. The first-order chi connectivity index (χ1) is 12.3. The first kappa shape index (κ1) is 17.3. The van der Waals surface area contributed by atoms with E-state index in [0.29, 0.717) is 6.54 Å². The molecular formula is C20H27N5. The molecule has 5 nitrogen and oxygen atoms in total. The van der Waals surface area contributed by atoms with Gasteiger partial charge in [0.15, 0.2) is 5.96 Å². The number of hydrogen-bond donors (Lipinski definition) is 3. The highest BCUT2D eigenvalue weighted by Crippen LogP contribution is 2.19. The Balaban J connectivity index is 1.45. The van der Waals surface area contributed by atoms with Gasteiger partial charge < -0.3 is 15.6 Å². The predicted molar refractivity (Wildman–Crippen MR) is 103 cm³/mol. The summed E-state index contributed by atoms with van der Waals surface area (Å²) in [5, 5.41) is 6.70. The molecule has 0 aliphatic heterocycles. The molecule has 1 aliphatic rings. The Morgan fingerprint density at radius 1 is 1.20 bits per heavy atom. The average molecular weight is 337 g/mol. The Kier molecular flexibility index (Phi) is 6.26. The molecule has 25 heavy (non-hydrogen) atoms. The molecule has 0 unspecified atom stereocenters. The fourth-order valence-corrected chi connectivity index (χ4v) is 3.08. The number of aromatic amines is 1. The van der Waals surface area contributed by atoms with Crippen LogP contribution in [0.15, 0.2) is 53.2 Å². The van der Waals surface area contributed by atoms with Crippen molar-refractivity contribution in [1.82, 2.24) is 20.6 Å². The second-order valence-corrected chi connectivity index (χ2v) is 6.32. The zero-order valence-corrected chi connectivity index (χ0v) is 14.9. The van der Waals surface area contributed by atoms with E-state index in [0.717, 1.165) is 36.0 Å². The van der Waals surface area contributed by atoms with Gasteiger partial charge in [0.1, 0.15) is 5.82 Å². The monoisotopic (exact) mass is 337 g/mol. The molecule has 0 fully saturated rings. The first-order valence-corrected chi connectivity index (χ1v) is 9.07. The predicted octanol–water partition coefficient (Wildman–Crippen LogP) is 3.63. The summed E-state index contributed by atoms with van der Waals surface area (Å²) in [7, 11) is 1.80. The Morgan fingerprint density at radius 3 is 2.84 bits per heavy atom. The van der Waals surface area contributed by atoms with Gasteiger partial charge >= 0.3 is 0 Å². The van der Waals surface area contributed by atoms with Crippen molar-refractivity contribution in [2.75, 3.05) is 13.6 Å². The number of benzene rings is 1. The number of allylic oxidation sites excluding steroid dienone is 1. The minimum Gasteiger partial charge on any atom is -0.356 e. The largest absolute Gasteiger partial charge is 0.356 e. The topological polar surface area (TPSA) is 65.1 Å². The average Bonchev–Trinajstić information content (AvgIpc) is 3.15. The zero-order chi connectivity index (χ0) is 17.3. The van der Waals surface area contributed by atoms with Crippen LogP contribution in [0.4, 0.5) is 0 Å². The van der Waals surface area contributed by atoms with Crippen LogP contribution in [0.2, 0.25) is 0 Å². The Hall–Kier alpha value is -2.56. The van der Waals surface area contributed by atoms with Crippen molar-refractivity contribution in [3.63, 3.8) is 0 Å². The summed E-state index contributed by atoms with van der Waals surface area (Å²) in [4.78, 5) is 12.1. The van der Waals surface area contributed by atoms with Crippen LogP contribution in [0, 0.1) is 0 Å². The van der Waals surface area contributed by atoms with E-state index in [4.69, 9.17) is 0 Å². The second kappa shape index (κ2) is 9.06. The van der Waals surface area contributed by atoms with Crippen LogP contribution in [0.25, 0.3) is 11.3 Å². The maximum absolute atomic E-state index is 4.44. The zero-order valence-electron chi connectivity index (χ0n) is 14.9. The van der Waals surface area contributed by atoms with Crippen molar-refractivity contribution in [3.05, 3.63) is 54.0 Å². The fraction of sp³-hybridized carbons (Fsp3) is 0.400. The minimum atomic E-state index is 0.620. The lowest BCUT2D eigenvalue weighted by atomic mass is 9.97. The number of H-pyrrole nitrogens is 1. The molecule has 3 N–H and O–H groups in total. The van der Waals surface area contributed by atoms with Crippen molar-refractivity contribution in [2.24, 2.45) is 4.99 Å². The SMILES string of the molecule is CN=C(NCCC1=CCCCC1)NCc1ncc(-c2ccccc2)[nH]1. The smallest absolute Gasteiger partial charge is 0.191 e. The number of imidazole rings is 1. The molecule has 1 aromatic carbocycles. The molecule has 5 heteroatoms. The van der Waals surface area contributed by atoms with Gasteiger partial charge in [0.05, 0.1) is 18.4 Å². The van der Waals surface area contributed by atoms with Gasteiger partial charge in [-0.2, -0.15) is 0 Å². The second-order valence-electron chi connectivity index (χ2n) is 6.32. The summed E-state index contributed by atoms with van der Waals surface area (Å²) in [5.41, 5.74) is 3.75. The number of aromatic nitrogens is 2. The molecule has 0 amide bonds. The van der Waals surface area contributed by atoms with Crippen LogP contribution in [-0.2, 0) is 6.54 Å². The van der Waals surface area contributed by atoms with Gasteiger partial charge in [0, 0.05) is 13.6 Å². The van der Waals surface area contributed by atoms with E-state index >= 15 is 0 Å². The molecule has 0 atom stereocenters. The lowest BCUT2D eigenvalue weighted by Crippen LogP contribution is -2.37. The van der Waals surface area contributed by atoms with Crippen molar-refractivity contribution < 1.29 is 0 Å². The van der Waals surface area contributed by atoms with Crippen LogP contribution in [-0.4, -0.2) is 29.5 Å². The van der Waals surface area contributed by atoms with E-state index in [1.807, 2.05) is 24.4 Å². The molecular weight excluding hydrogens is 310 g/mol. The van der Waals surface area contributed by atoms with Crippen LogP contribution in [0.1, 0.15) is 37.9 Å². The van der Waals surface area contributed by atoms with Gasteiger partial charge in [-0.1, -0.05) is 42.0 Å². The fourth-order valence-electron chi connectivity index (χ4n) is 3.08. The number of nitrogens with one attached hydrogen (secondary N) is 3. The number of guanidine groups is 1. The Bertz CT molecular complexity index is 715. The molecule has 2 aromatic rings. The van der Waals surface area contributed by atoms with Gasteiger partial charge in [-0.25, -0.2) is 4.98 Å². The molecule has 0 spiro atoms. The molecule has 0 saturated heterocycles. The summed E-state index contributed by atoms with van der Waals surface area (Å²) in [6.45, 7) is 1.54. The van der Waals surface area contributed by atoms with E-state index in [-0.39, 0.29) is 0 Å². The van der Waals surface area contributed by atoms with Gasteiger partial charge in [0.2, 0.25) is 0 Å². The third-order valence-electron chi connectivity index (χ3n) is 4.48. The third-order valence-corrected chi connectivity index (χ3v) is 4.48. The highest BCUT2D eigenvalue weighted by atomic mass is 15.2. The molecule has 1 heterocycles. The highest BCUT2D eigenvalue weighted by molar-refractivity contribution is 5.79. The maximum Gasteiger partial charge on any atom is 0.191 e. The van der Waals surface area contributed by atoms with Gasteiger partial charge in [0.25, 0.3) is 0 Å². The maximum atomic E-state index is 4.44. The summed E-state index contributed by atoms with van der Waals surface area (Å²) >= 11 is 0. The van der Waals surface area contributed by atoms with E-state index < -0.39 is 0 Å². The third kappa shape index (κ3) is 5.21. The van der Waals surface area contributed by atoms with Crippen LogP contribution in [0.3, 0.4) is 0 Å². The van der Waals surface area contributed by atoms with Crippen LogP contribution >= 0.6 is 0 Å². The summed E-state index contributed by atoms with van der Waals surface area (Å²) < 4.78 is 0. The molecule has 3 rings (SSSR count). The number of aliphatic imine (C=N–C) groups is 1. The quantitative estimate of drug-likeness (QED) is 0.428. The normalized spacial score (nSPS) is 14.9. The number of nitrogens with zero attached hydrogens (tertiary/aromatic N) is 2. The molecule has 0 bridgehead atoms. The van der Waals surface area contributed by atoms with E-state index in [1.54, 1.807) is 12.6 Å². The van der Waals surface area contributed by atoms with Gasteiger partial charge in [-0.3, -0.25) is 4.99 Å². The van der Waals surface area contributed by atoms with Crippen molar-refractivity contribution in [3.8, 4) is 11.3 Å². The van der Waals surface area contributed by atoms with E-state index in [1.165, 1.54) is 25.7 Å². The van der Waals surface area contributed by atoms with Crippen molar-refractivity contribution >= 4 is 5.96 Å². The van der Waals surface area contributed by atoms with E-state index in [2.05, 4.69) is 43.8 Å².